The summed E-state index contributed by atoms with van der Waals surface area (Å²) in [4.78, 5) is 4.22. The van der Waals surface area contributed by atoms with Gasteiger partial charge in [0.1, 0.15) is 11.3 Å². The molecule has 0 fully saturated rings. The molecule has 2 aromatic rings. The minimum Gasteiger partial charge on any atom is -0.459 e. The lowest BCUT2D eigenvalue weighted by molar-refractivity contribution is 0.129. The number of para-hydroxylation sites is 1. The lowest BCUT2D eigenvalue weighted by Crippen LogP contribution is -2.37. The largest absolute Gasteiger partial charge is 0.459 e. The third-order valence-electron chi connectivity index (χ3n) is 3.53. The van der Waals surface area contributed by atoms with Gasteiger partial charge in [0.05, 0.1) is 6.54 Å². The van der Waals surface area contributed by atoms with Gasteiger partial charge in [-0.3, -0.25) is 4.99 Å². The molecule has 0 aliphatic heterocycles. The van der Waals surface area contributed by atoms with Gasteiger partial charge < -0.3 is 19.8 Å². The number of hydrogen-bond donors (Lipinski definition) is 2. The van der Waals surface area contributed by atoms with E-state index in [9.17, 15) is 0 Å². The Bertz CT molecular complexity index is 574. The van der Waals surface area contributed by atoms with E-state index in [2.05, 4.69) is 28.6 Å². The molecule has 2 N–H and O–H groups in total. The first-order chi connectivity index (χ1) is 11.3. The van der Waals surface area contributed by atoms with Gasteiger partial charge in [-0.2, -0.15) is 0 Å². The maximum Gasteiger partial charge on any atom is 0.191 e. The van der Waals surface area contributed by atoms with E-state index in [1.807, 2.05) is 24.3 Å². The van der Waals surface area contributed by atoms with Crippen LogP contribution in [0, 0.1) is 0 Å². The van der Waals surface area contributed by atoms with Crippen molar-refractivity contribution in [2.75, 3.05) is 26.8 Å². The molecular weight excluding hydrogens is 290 g/mol. The SMILES string of the molecule is CCCCOCCCNC(=NC)NCc1cc2ccccc2o1. The van der Waals surface area contributed by atoms with Crippen LogP contribution >= 0.6 is 0 Å². The lowest BCUT2D eigenvalue weighted by Gasteiger charge is -2.11. The number of nitrogens with one attached hydrogen (secondary N) is 2. The van der Waals surface area contributed by atoms with E-state index in [-0.39, 0.29) is 0 Å². The van der Waals surface area contributed by atoms with Gasteiger partial charge >= 0.3 is 0 Å². The molecule has 0 saturated carbocycles. The van der Waals surface area contributed by atoms with Crippen LogP contribution in [0.5, 0.6) is 0 Å². The van der Waals surface area contributed by atoms with Crippen LogP contribution in [0.4, 0.5) is 0 Å². The molecule has 0 aliphatic carbocycles. The van der Waals surface area contributed by atoms with Crippen LogP contribution < -0.4 is 10.6 Å². The van der Waals surface area contributed by atoms with Gasteiger partial charge in [-0.05, 0) is 25.0 Å². The van der Waals surface area contributed by atoms with Crippen LogP contribution in [0.15, 0.2) is 39.7 Å². The van der Waals surface area contributed by atoms with Crippen LogP contribution in [0.3, 0.4) is 0 Å². The average molecular weight is 317 g/mol. The maximum atomic E-state index is 5.78. The zero-order chi connectivity index (χ0) is 16.3. The van der Waals surface area contributed by atoms with E-state index in [0.717, 1.165) is 55.3 Å². The van der Waals surface area contributed by atoms with Crippen LogP contribution in [-0.4, -0.2) is 32.8 Å². The molecule has 0 aliphatic rings. The molecule has 0 unspecified atom stereocenters. The molecule has 5 heteroatoms. The Morgan fingerprint density at radius 2 is 2.00 bits per heavy atom. The molecule has 1 aromatic carbocycles. The van der Waals surface area contributed by atoms with Gasteiger partial charge in [-0.15, -0.1) is 0 Å². The zero-order valence-corrected chi connectivity index (χ0v) is 14.1. The molecule has 1 heterocycles. The molecule has 0 bridgehead atoms. The number of nitrogens with zero attached hydrogens (tertiary/aromatic N) is 1. The van der Waals surface area contributed by atoms with Crippen molar-refractivity contribution >= 4 is 16.9 Å². The summed E-state index contributed by atoms with van der Waals surface area (Å²) in [5.41, 5.74) is 0.913. The summed E-state index contributed by atoms with van der Waals surface area (Å²) >= 11 is 0. The summed E-state index contributed by atoms with van der Waals surface area (Å²) < 4.78 is 11.3. The van der Waals surface area contributed by atoms with Crippen molar-refractivity contribution in [1.82, 2.24) is 10.6 Å². The van der Waals surface area contributed by atoms with Crippen LogP contribution in [0.1, 0.15) is 31.9 Å². The topological polar surface area (TPSA) is 58.8 Å². The monoisotopic (exact) mass is 317 g/mol. The smallest absolute Gasteiger partial charge is 0.191 e. The first-order valence-electron chi connectivity index (χ1n) is 8.33. The number of rotatable bonds is 9. The Balaban J connectivity index is 1.66. The molecule has 1 aromatic heterocycles. The third-order valence-corrected chi connectivity index (χ3v) is 3.53. The van der Waals surface area contributed by atoms with Gasteiger partial charge in [0.2, 0.25) is 0 Å². The number of unbranched alkanes of at least 4 members (excludes halogenated alkanes) is 1. The number of aliphatic imine (C=N–C) groups is 1. The summed E-state index contributed by atoms with van der Waals surface area (Å²) in [6, 6.07) is 10.1. The summed E-state index contributed by atoms with van der Waals surface area (Å²) in [6.07, 6.45) is 3.28. The van der Waals surface area contributed by atoms with Gasteiger partial charge in [0.25, 0.3) is 0 Å². The van der Waals surface area contributed by atoms with Gasteiger partial charge in [-0.1, -0.05) is 31.5 Å². The van der Waals surface area contributed by atoms with Crippen molar-refractivity contribution in [3.05, 3.63) is 36.1 Å². The average Bonchev–Trinajstić information content (AvgIpc) is 2.99. The van der Waals surface area contributed by atoms with Crippen molar-refractivity contribution in [2.24, 2.45) is 4.99 Å². The van der Waals surface area contributed by atoms with Crippen molar-refractivity contribution in [1.29, 1.82) is 0 Å². The number of benzene rings is 1. The second kappa shape index (κ2) is 9.90. The molecule has 0 radical (unpaired) electrons. The Labute approximate surface area is 138 Å². The van der Waals surface area contributed by atoms with Crippen LogP contribution in [0.25, 0.3) is 11.0 Å². The molecule has 2 rings (SSSR count). The predicted octanol–water partition coefficient (Wildman–Crippen LogP) is 3.30. The van der Waals surface area contributed by atoms with Gasteiger partial charge in [0, 0.05) is 32.2 Å². The van der Waals surface area contributed by atoms with Gasteiger partial charge in [0.15, 0.2) is 5.96 Å². The number of fused-ring (bicyclic) bond motifs is 1. The normalized spacial score (nSPS) is 11.8. The van der Waals surface area contributed by atoms with Gasteiger partial charge in [-0.25, -0.2) is 0 Å². The quantitative estimate of drug-likeness (QED) is 0.423. The second-order valence-electron chi connectivity index (χ2n) is 5.42. The second-order valence-corrected chi connectivity index (χ2v) is 5.42. The summed E-state index contributed by atoms with van der Waals surface area (Å²) in [7, 11) is 1.77. The van der Waals surface area contributed by atoms with Crippen LogP contribution in [0.2, 0.25) is 0 Å². The Morgan fingerprint density at radius 3 is 2.78 bits per heavy atom. The first-order valence-corrected chi connectivity index (χ1v) is 8.33. The summed E-state index contributed by atoms with van der Waals surface area (Å²) in [5.74, 6) is 1.68. The van der Waals surface area contributed by atoms with Crippen molar-refractivity contribution in [2.45, 2.75) is 32.7 Å². The van der Waals surface area contributed by atoms with E-state index >= 15 is 0 Å². The fraction of sp³-hybridized carbons (Fsp3) is 0.500. The highest BCUT2D eigenvalue weighted by Crippen LogP contribution is 2.18. The molecule has 126 valence electrons. The number of ether oxygens (including phenoxy) is 1. The zero-order valence-electron chi connectivity index (χ0n) is 14.1. The van der Waals surface area contributed by atoms with E-state index in [4.69, 9.17) is 9.15 Å². The molecule has 0 amide bonds. The van der Waals surface area contributed by atoms with E-state index < -0.39 is 0 Å². The Kier molecular flexibility index (Phi) is 7.46. The molecular formula is C18H27N3O2. The standard InChI is InChI=1S/C18H27N3O2/c1-3-4-11-22-12-7-10-20-18(19-2)21-14-16-13-15-8-5-6-9-17(15)23-16/h5-6,8-9,13H,3-4,7,10-12,14H2,1-2H3,(H2,19,20,21). The van der Waals surface area contributed by atoms with E-state index in [0.29, 0.717) is 6.54 Å². The molecule has 0 spiro atoms. The predicted molar refractivity (Wildman–Crippen MR) is 94.8 cm³/mol. The Hall–Kier alpha value is -2.01. The van der Waals surface area contributed by atoms with Crippen molar-refractivity contribution in [3.8, 4) is 0 Å². The number of furan rings is 1. The minimum atomic E-state index is 0.612. The van der Waals surface area contributed by atoms with Crippen molar-refractivity contribution in [3.63, 3.8) is 0 Å². The van der Waals surface area contributed by atoms with E-state index in [1.54, 1.807) is 7.05 Å². The highest BCUT2D eigenvalue weighted by atomic mass is 16.5. The number of guanidine groups is 1. The van der Waals surface area contributed by atoms with E-state index in [1.165, 1.54) is 6.42 Å². The first kappa shape index (κ1) is 17.3. The fourth-order valence-corrected chi connectivity index (χ4v) is 2.24. The van der Waals surface area contributed by atoms with Crippen molar-refractivity contribution < 1.29 is 9.15 Å². The highest BCUT2D eigenvalue weighted by molar-refractivity contribution is 5.80. The summed E-state index contributed by atoms with van der Waals surface area (Å²) in [6.45, 7) is 5.26. The summed E-state index contributed by atoms with van der Waals surface area (Å²) in [5, 5.41) is 7.67. The Morgan fingerprint density at radius 1 is 1.17 bits per heavy atom. The fourth-order valence-electron chi connectivity index (χ4n) is 2.24. The molecule has 0 saturated heterocycles. The van der Waals surface area contributed by atoms with Crippen LogP contribution in [-0.2, 0) is 11.3 Å². The molecule has 0 atom stereocenters. The third kappa shape index (κ3) is 5.94. The lowest BCUT2D eigenvalue weighted by atomic mass is 10.2. The molecule has 23 heavy (non-hydrogen) atoms. The highest BCUT2D eigenvalue weighted by Gasteiger charge is 2.04. The maximum absolute atomic E-state index is 5.78. The molecule has 5 nitrogen and oxygen atoms in total. The minimum absolute atomic E-state index is 0.612. The number of hydrogen-bond acceptors (Lipinski definition) is 3.